The predicted molar refractivity (Wildman–Crippen MR) is 42.1 cm³/mol. The molecule has 0 aliphatic heterocycles. The molecule has 0 amide bonds. The van der Waals surface area contributed by atoms with E-state index in [2.05, 4.69) is 6.92 Å². The molecule has 0 aromatic carbocycles. The van der Waals surface area contributed by atoms with Gasteiger partial charge >= 0.3 is 5.97 Å². The zero-order chi connectivity index (χ0) is 8.69. The zero-order valence-corrected chi connectivity index (χ0v) is 7.42. The molecule has 66 valence electrons. The lowest BCUT2D eigenvalue weighted by Crippen LogP contribution is -2.17. The first-order valence-electron chi connectivity index (χ1n) is 3.90. The fourth-order valence-corrected chi connectivity index (χ4v) is 0.781. The number of esters is 1. The van der Waals surface area contributed by atoms with E-state index in [1.165, 1.54) is 6.92 Å². The van der Waals surface area contributed by atoms with Gasteiger partial charge in [-0.2, -0.15) is 0 Å². The number of carbonyl (C=O) groups excluding carboxylic acids is 1. The minimum Gasteiger partial charge on any atom is -0.436 e. The summed E-state index contributed by atoms with van der Waals surface area (Å²) in [6.07, 6.45) is 2.53. The van der Waals surface area contributed by atoms with Crippen LogP contribution in [0.15, 0.2) is 0 Å². The molecule has 0 saturated carbocycles. The number of ether oxygens (including phenoxy) is 2. The first kappa shape index (κ1) is 10.4. The average molecular weight is 160 g/mol. The Bertz CT molecular complexity index is 112. The van der Waals surface area contributed by atoms with E-state index in [0.29, 0.717) is 0 Å². The van der Waals surface area contributed by atoms with E-state index in [1.54, 1.807) is 7.11 Å². The Hall–Kier alpha value is -0.570. The summed E-state index contributed by atoms with van der Waals surface area (Å²) in [5, 5.41) is 0. The minimum absolute atomic E-state index is 0.284. The van der Waals surface area contributed by atoms with Crippen LogP contribution >= 0.6 is 0 Å². The Morgan fingerprint density at radius 2 is 2.18 bits per heavy atom. The van der Waals surface area contributed by atoms with Crippen molar-refractivity contribution < 1.29 is 14.3 Å². The van der Waals surface area contributed by atoms with E-state index < -0.39 is 0 Å². The molecular formula is C8H16O3. The second kappa shape index (κ2) is 6.16. The summed E-state index contributed by atoms with van der Waals surface area (Å²) in [7, 11) is 1.54. The van der Waals surface area contributed by atoms with Crippen molar-refractivity contribution in [1.29, 1.82) is 0 Å². The summed E-state index contributed by atoms with van der Waals surface area (Å²) in [6, 6.07) is 0. The summed E-state index contributed by atoms with van der Waals surface area (Å²) in [4.78, 5) is 10.5. The van der Waals surface area contributed by atoms with Gasteiger partial charge in [0.1, 0.15) is 0 Å². The van der Waals surface area contributed by atoms with Crippen LogP contribution in [0, 0.1) is 0 Å². The fourth-order valence-electron chi connectivity index (χ4n) is 0.781. The number of hydrogen-bond donors (Lipinski definition) is 0. The van der Waals surface area contributed by atoms with Crippen molar-refractivity contribution in [3.05, 3.63) is 0 Å². The lowest BCUT2D eigenvalue weighted by atomic mass is 10.2. The van der Waals surface area contributed by atoms with Crippen LogP contribution in [0.5, 0.6) is 0 Å². The molecule has 0 rings (SSSR count). The van der Waals surface area contributed by atoms with E-state index in [-0.39, 0.29) is 12.3 Å². The smallest absolute Gasteiger partial charge is 0.304 e. The van der Waals surface area contributed by atoms with Gasteiger partial charge in [-0.3, -0.25) is 4.79 Å². The monoisotopic (exact) mass is 160 g/mol. The van der Waals surface area contributed by atoms with Gasteiger partial charge in [-0.1, -0.05) is 13.3 Å². The predicted octanol–water partition coefficient (Wildman–Crippen LogP) is 1.71. The molecule has 0 aromatic rings. The van der Waals surface area contributed by atoms with Gasteiger partial charge in [-0.15, -0.1) is 0 Å². The van der Waals surface area contributed by atoms with Gasteiger partial charge in [0.25, 0.3) is 0 Å². The summed E-state index contributed by atoms with van der Waals surface area (Å²) >= 11 is 0. The van der Waals surface area contributed by atoms with Gasteiger partial charge in [0.05, 0.1) is 0 Å². The third-order valence-corrected chi connectivity index (χ3v) is 1.35. The van der Waals surface area contributed by atoms with Crippen LogP contribution in [0.4, 0.5) is 0 Å². The Balaban J connectivity index is 3.49. The van der Waals surface area contributed by atoms with E-state index in [0.717, 1.165) is 19.3 Å². The topological polar surface area (TPSA) is 35.5 Å². The van der Waals surface area contributed by atoms with Gasteiger partial charge < -0.3 is 9.47 Å². The lowest BCUT2D eigenvalue weighted by Gasteiger charge is -2.13. The van der Waals surface area contributed by atoms with Crippen LogP contribution in [0.3, 0.4) is 0 Å². The molecule has 0 radical (unpaired) electrons. The molecule has 0 heterocycles. The summed E-state index contributed by atoms with van der Waals surface area (Å²) in [6.45, 7) is 3.47. The number of rotatable bonds is 5. The molecule has 0 aliphatic rings. The second-order valence-electron chi connectivity index (χ2n) is 2.42. The number of unbranched alkanes of at least 4 members (excludes halogenated alkanes) is 1. The van der Waals surface area contributed by atoms with Crippen molar-refractivity contribution in [2.75, 3.05) is 7.11 Å². The normalized spacial score (nSPS) is 12.6. The van der Waals surface area contributed by atoms with Crippen molar-refractivity contribution in [2.45, 2.75) is 39.4 Å². The van der Waals surface area contributed by atoms with Gasteiger partial charge in [0.15, 0.2) is 0 Å². The van der Waals surface area contributed by atoms with Crippen LogP contribution < -0.4 is 0 Å². The van der Waals surface area contributed by atoms with Gasteiger partial charge in [-0.05, 0) is 6.42 Å². The van der Waals surface area contributed by atoms with Crippen molar-refractivity contribution in [1.82, 2.24) is 0 Å². The van der Waals surface area contributed by atoms with E-state index in [4.69, 9.17) is 9.47 Å². The Kier molecular flexibility index (Phi) is 5.84. The molecule has 1 unspecified atom stereocenters. The third kappa shape index (κ3) is 5.85. The quantitative estimate of drug-likeness (QED) is 0.453. The first-order valence-corrected chi connectivity index (χ1v) is 3.90. The molecule has 1 atom stereocenters. The van der Waals surface area contributed by atoms with Gasteiger partial charge in [-0.25, -0.2) is 0 Å². The molecule has 0 saturated heterocycles. The second-order valence-corrected chi connectivity index (χ2v) is 2.42. The van der Waals surface area contributed by atoms with Crippen LogP contribution in [-0.4, -0.2) is 19.4 Å². The first-order chi connectivity index (χ1) is 5.20. The number of hydrogen-bond acceptors (Lipinski definition) is 3. The minimum atomic E-state index is -0.354. The highest BCUT2D eigenvalue weighted by atomic mass is 16.7. The summed E-state index contributed by atoms with van der Waals surface area (Å²) in [5.41, 5.74) is 0. The Labute approximate surface area is 67.7 Å². The van der Waals surface area contributed by atoms with Crippen LogP contribution in [-0.2, 0) is 14.3 Å². The van der Waals surface area contributed by atoms with Gasteiger partial charge in [0, 0.05) is 20.5 Å². The van der Waals surface area contributed by atoms with E-state index in [1.807, 2.05) is 0 Å². The third-order valence-electron chi connectivity index (χ3n) is 1.35. The largest absolute Gasteiger partial charge is 0.436 e. The van der Waals surface area contributed by atoms with Crippen molar-refractivity contribution in [3.8, 4) is 0 Å². The maximum atomic E-state index is 10.5. The molecule has 3 nitrogen and oxygen atoms in total. The maximum absolute atomic E-state index is 10.5. The lowest BCUT2D eigenvalue weighted by molar-refractivity contribution is -0.172. The molecule has 3 heteroatoms. The Morgan fingerprint density at radius 1 is 1.55 bits per heavy atom. The van der Waals surface area contributed by atoms with Gasteiger partial charge in [0.2, 0.25) is 6.29 Å². The maximum Gasteiger partial charge on any atom is 0.304 e. The highest BCUT2D eigenvalue weighted by molar-refractivity contribution is 5.66. The zero-order valence-electron chi connectivity index (χ0n) is 7.42. The van der Waals surface area contributed by atoms with E-state index in [9.17, 15) is 4.79 Å². The van der Waals surface area contributed by atoms with E-state index >= 15 is 0 Å². The highest BCUT2D eigenvalue weighted by Crippen LogP contribution is 2.05. The number of methoxy groups -OCH3 is 1. The van der Waals surface area contributed by atoms with Crippen molar-refractivity contribution in [3.63, 3.8) is 0 Å². The number of carbonyl (C=O) groups is 1. The molecule has 0 bridgehead atoms. The molecule has 0 aliphatic carbocycles. The summed E-state index contributed by atoms with van der Waals surface area (Å²) < 4.78 is 9.76. The van der Waals surface area contributed by atoms with Crippen LogP contribution in [0.1, 0.15) is 33.1 Å². The molecular weight excluding hydrogens is 144 g/mol. The van der Waals surface area contributed by atoms with Crippen molar-refractivity contribution in [2.24, 2.45) is 0 Å². The molecule has 11 heavy (non-hydrogen) atoms. The molecule has 0 aromatic heterocycles. The standard InChI is InChI=1S/C8H16O3/c1-4-5-6-8(10-3)11-7(2)9/h8H,4-6H2,1-3H3. The summed E-state index contributed by atoms with van der Waals surface area (Å²) in [5.74, 6) is -0.284. The van der Waals surface area contributed by atoms with Crippen LogP contribution in [0.2, 0.25) is 0 Å². The van der Waals surface area contributed by atoms with Crippen LogP contribution in [0.25, 0.3) is 0 Å². The Morgan fingerprint density at radius 3 is 2.55 bits per heavy atom. The average Bonchev–Trinajstić information content (AvgIpc) is 1.97. The van der Waals surface area contributed by atoms with Crippen molar-refractivity contribution >= 4 is 5.97 Å². The SMILES string of the molecule is CCCCC(OC)OC(C)=O. The molecule has 0 spiro atoms. The molecule has 0 N–H and O–H groups in total. The highest BCUT2D eigenvalue weighted by Gasteiger charge is 2.08. The fraction of sp³-hybridized carbons (Fsp3) is 0.875. The molecule has 0 fully saturated rings.